The van der Waals surface area contributed by atoms with Gasteiger partial charge in [0.25, 0.3) is 0 Å². The molecule has 0 saturated carbocycles. The number of phenols is 1. The van der Waals surface area contributed by atoms with Gasteiger partial charge >= 0.3 is 0 Å². The Morgan fingerprint density at radius 3 is 2.70 bits per heavy atom. The van der Waals surface area contributed by atoms with Crippen molar-refractivity contribution in [2.75, 3.05) is 32.1 Å². The van der Waals surface area contributed by atoms with Crippen LogP contribution in [0.15, 0.2) is 30.3 Å². The van der Waals surface area contributed by atoms with E-state index in [1.54, 1.807) is 6.07 Å². The van der Waals surface area contributed by atoms with E-state index in [4.69, 9.17) is 0 Å². The van der Waals surface area contributed by atoms with Crippen LogP contribution in [0.5, 0.6) is 5.75 Å². The summed E-state index contributed by atoms with van der Waals surface area (Å²) in [5.41, 5.74) is 2.50. The lowest BCUT2D eigenvalue weighted by atomic mass is 10.0. The molecule has 0 unspecified atom stereocenters. The number of aromatic nitrogens is 2. The first-order valence-corrected chi connectivity index (χ1v) is 8.10. The van der Waals surface area contributed by atoms with Crippen molar-refractivity contribution < 1.29 is 5.11 Å². The highest BCUT2D eigenvalue weighted by atomic mass is 16.3. The molecule has 1 fully saturated rings. The summed E-state index contributed by atoms with van der Waals surface area (Å²) in [6.45, 7) is 4.03. The summed E-state index contributed by atoms with van der Waals surface area (Å²) in [7, 11) is 4.26. The lowest BCUT2D eigenvalue weighted by molar-refractivity contribution is 0.257. The van der Waals surface area contributed by atoms with Gasteiger partial charge < -0.3 is 14.9 Å². The van der Waals surface area contributed by atoms with Crippen molar-refractivity contribution in [3.8, 4) is 17.0 Å². The molecular weight excluding hydrogens is 288 g/mol. The number of piperidine rings is 1. The van der Waals surface area contributed by atoms with E-state index in [-0.39, 0.29) is 5.75 Å². The van der Waals surface area contributed by atoms with Gasteiger partial charge in [-0.05, 0) is 57.6 Å². The molecule has 0 aliphatic carbocycles. The Labute approximate surface area is 137 Å². The number of para-hydroxylation sites is 1. The quantitative estimate of drug-likeness (QED) is 0.944. The molecule has 5 heteroatoms. The third kappa shape index (κ3) is 3.29. The first kappa shape index (κ1) is 15.7. The number of rotatable bonds is 3. The summed E-state index contributed by atoms with van der Waals surface area (Å²) in [6, 6.07) is 9.89. The molecule has 1 aromatic heterocycles. The molecule has 1 aliphatic rings. The number of phenolic OH excluding ortho intramolecular Hbond substituents is 1. The van der Waals surface area contributed by atoms with Crippen molar-refractivity contribution in [3.63, 3.8) is 0 Å². The van der Waals surface area contributed by atoms with Crippen LogP contribution < -0.4 is 4.90 Å². The van der Waals surface area contributed by atoms with Gasteiger partial charge in [-0.3, -0.25) is 0 Å². The molecule has 5 nitrogen and oxygen atoms in total. The Bertz CT molecular complexity index is 686. The van der Waals surface area contributed by atoms with Crippen molar-refractivity contribution in [1.82, 2.24) is 15.1 Å². The maximum absolute atomic E-state index is 10.0. The molecular formula is C18H24N4O. The van der Waals surface area contributed by atoms with E-state index in [2.05, 4.69) is 40.2 Å². The second kappa shape index (κ2) is 6.54. The molecule has 0 amide bonds. The first-order valence-electron chi connectivity index (χ1n) is 8.10. The van der Waals surface area contributed by atoms with Gasteiger partial charge in [-0.25, -0.2) is 0 Å². The highest BCUT2D eigenvalue weighted by Crippen LogP contribution is 2.30. The summed E-state index contributed by atoms with van der Waals surface area (Å²) in [5, 5.41) is 18.8. The second-order valence-corrected chi connectivity index (χ2v) is 6.46. The maximum Gasteiger partial charge on any atom is 0.151 e. The zero-order chi connectivity index (χ0) is 16.4. The number of aromatic hydroxyl groups is 1. The van der Waals surface area contributed by atoms with Gasteiger partial charge in [-0.2, -0.15) is 0 Å². The highest BCUT2D eigenvalue weighted by Gasteiger charge is 2.23. The molecule has 1 saturated heterocycles. The third-order valence-corrected chi connectivity index (χ3v) is 4.58. The molecule has 1 aliphatic heterocycles. The van der Waals surface area contributed by atoms with Gasteiger partial charge in [0.15, 0.2) is 5.82 Å². The van der Waals surface area contributed by atoms with Crippen LogP contribution in [0.1, 0.15) is 18.4 Å². The fraction of sp³-hybridized carbons (Fsp3) is 0.444. The highest BCUT2D eigenvalue weighted by molar-refractivity contribution is 5.69. The number of benzene rings is 1. The Kier molecular flexibility index (Phi) is 4.48. The number of aryl methyl sites for hydroxylation is 1. The van der Waals surface area contributed by atoms with Crippen LogP contribution in [0, 0.1) is 6.92 Å². The van der Waals surface area contributed by atoms with Gasteiger partial charge in [0, 0.05) is 24.7 Å². The molecule has 0 radical (unpaired) electrons. The van der Waals surface area contributed by atoms with Crippen molar-refractivity contribution in [3.05, 3.63) is 35.9 Å². The van der Waals surface area contributed by atoms with Crippen LogP contribution in [0.4, 0.5) is 5.82 Å². The van der Waals surface area contributed by atoms with Gasteiger partial charge in [-0.15, -0.1) is 10.2 Å². The van der Waals surface area contributed by atoms with E-state index in [1.165, 1.54) is 12.8 Å². The smallest absolute Gasteiger partial charge is 0.151 e. The van der Waals surface area contributed by atoms with Gasteiger partial charge in [0.2, 0.25) is 0 Å². The minimum Gasteiger partial charge on any atom is -0.507 e. The molecule has 0 bridgehead atoms. The lowest BCUT2D eigenvalue weighted by Crippen LogP contribution is -2.45. The van der Waals surface area contributed by atoms with Crippen molar-refractivity contribution in [1.29, 1.82) is 0 Å². The zero-order valence-electron chi connectivity index (χ0n) is 14.0. The molecule has 1 aromatic carbocycles. The fourth-order valence-corrected chi connectivity index (χ4v) is 3.15. The molecule has 0 spiro atoms. The largest absolute Gasteiger partial charge is 0.507 e. The summed E-state index contributed by atoms with van der Waals surface area (Å²) >= 11 is 0. The van der Waals surface area contributed by atoms with E-state index < -0.39 is 0 Å². The van der Waals surface area contributed by atoms with E-state index in [9.17, 15) is 5.11 Å². The molecule has 2 heterocycles. The Morgan fingerprint density at radius 2 is 2.00 bits per heavy atom. The van der Waals surface area contributed by atoms with E-state index >= 15 is 0 Å². The van der Waals surface area contributed by atoms with Crippen molar-refractivity contribution >= 4 is 5.82 Å². The van der Waals surface area contributed by atoms with Crippen LogP contribution in [0.25, 0.3) is 11.3 Å². The van der Waals surface area contributed by atoms with Gasteiger partial charge in [0.1, 0.15) is 5.75 Å². The zero-order valence-corrected chi connectivity index (χ0v) is 14.0. The summed E-state index contributed by atoms with van der Waals surface area (Å²) in [6.07, 6.45) is 2.40. The van der Waals surface area contributed by atoms with Crippen molar-refractivity contribution in [2.45, 2.75) is 25.8 Å². The van der Waals surface area contributed by atoms with Crippen LogP contribution in [0.2, 0.25) is 0 Å². The monoisotopic (exact) mass is 312 g/mol. The number of hydrogen-bond donors (Lipinski definition) is 1. The minimum absolute atomic E-state index is 0.239. The van der Waals surface area contributed by atoms with Gasteiger partial charge in [-0.1, -0.05) is 12.1 Å². The fourth-order valence-electron chi connectivity index (χ4n) is 3.15. The summed E-state index contributed by atoms with van der Waals surface area (Å²) in [4.78, 5) is 4.59. The molecule has 122 valence electrons. The van der Waals surface area contributed by atoms with Crippen LogP contribution in [-0.4, -0.2) is 53.4 Å². The Balaban J connectivity index is 1.86. The number of anilines is 1. The Hall–Kier alpha value is -2.14. The van der Waals surface area contributed by atoms with Crippen molar-refractivity contribution in [2.24, 2.45) is 0 Å². The minimum atomic E-state index is 0.239. The van der Waals surface area contributed by atoms with E-state index in [1.807, 2.05) is 25.1 Å². The normalized spacial score (nSPS) is 18.4. The predicted molar refractivity (Wildman–Crippen MR) is 92.8 cm³/mol. The Morgan fingerprint density at radius 1 is 1.22 bits per heavy atom. The number of likely N-dealkylation sites (N-methyl/N-ethyl adjacent to an activating group) is 1. The second-order valence-electron chi connectivity index (χ2n) is 6.46. The molecule has 1 N–H and O–H groups in total. The van der Waals surface area contributed by atoms with E-state index in [0.29, 0.717) is 6.04 Å². The summed E-state index contributed by atoms with van der Waals surface area (Å²) in [5.74, 6) is 1.16. The summed E-state index contributed by atoms with van der Waals surface area (Å²) < 4.78 is 0. The molecule has 23 heavy (non-hydrogen) atoms. The topological polar surface area (TPSA) is 52.5 Å². The average molecular weight is 312 g/mol. The average Bonchev–Trinajstić information content (AvgIpc) is 2.56. The van der Waals surface area contributed by atoms with Crippen LogP contribution in [-0.2, 0) is 0 Å². The van der Waals surface area contributed by atoms with Crippen LogP contribution in [0.3, 0.4) is 0 Å². The lowest BCUT2D eigenvalue weighted by Gasteiger charge is -2.36. The third-order valence-electron chi connectivity index (χ3n) is 4.58. The van der Waals surface area contributed by atoms with Crippen LogP contribution >= 0.6 is 0 Å². The predicted octanol–water partition coefficient (Wildman–Crippen LogP) is 2.69. The number of hydrogen-bond acceptors (Lipinski definition) is 5. The van der Waals surface area contributed by atoms with Gasteiger partial charge in [0.05, 0.1) is 5.69 Å². The molecule has 3 rings (SSSR count). The van der Waals surface area contributed by atoms with E-state index in [0.717, 1.165) is 35.7 Å². The molecule has 1 atom stereocenters. The first-order chi connectivity index (χ1) is 11.1. The SMILES string of the molecule is Cc1cc(N2CCC[C@@H](N(C)C)C2)nnc1-c1ccccc1O. The number of nitrogens with zero attached hydrogens (tertiary/aromatic N) is 4. The maximum atomic E-state index is 10.0. The standard InChI is InChI=1S/C18H24N4O/c1-13-11-17(22-10-6-7-14(12-22)21(2)3)19-20-18(13)15-8-4-5-9-16(15)23/h4-5,8-9,11,14,23H,6-7,10,12H2,1-3H3/t14-/m1/s1. The molecule has 2 aromatic rings.